The molecule has 2 aromatic rings. The van der Waals surface area contributed by atoms with Crippen molar-refractivity contribution >= 4 is 53.3 Å². The molecule has 5 amide bonds. The van der Waals surface area contributed by atoms with E-state index >= 15 is 0 Å². The number of hydrogen-bond acceptors (Lipinski definition) is 16. The van der Waals surface area contributed by atoms with Crippen molar-refractivity contribution in [3.05, 3.63) is 41.2 Å². The number of unbranched alkanes of at least 4 members (excludes halogenated alkanes) is 1. The summed E-state index contributed by atoms with van der Waals surface area (Å²) in [5.74, 6) is -0.475. The smallest absolute Gasteiger partial charge is 0.412 e. The third-order valence-corrected chi connectivity index (χ3v) is 11.3. The minimum atomic E-state index is -1.41. The van der Waals surface area contributed by atoms with Crippen LogP contribution in [0.15, 0.2) is 24.4 Å². The number of anilines is 1. The predicted octanol–water partition coefficient (Wildman–Crippen LogP) is 5.04. The highest BCUT2D eigenvalue weighted by Gasteiger charge is 2.42. The molecule has 5 N–H and O–H groups in total. The first kappa shape index (κ1) is 55.6. The molecule has 68 heavy (non-hydrogen) atoms. The summed E-state index contributed by atoms with van der Waals surface area (Å²) in [5, 5.41) is 22.6. The highest BCUT2D eigenvalue weighted by Crippen LogP contribution is 2.33. The quantitative estimate of drug-likeness (QED) is 0.0258. The molecule has 0 spiro atoms. The summed E-state index contributed by atoms with van der Waals surface area (Å²) in [5.41, 5.74) is -1.28. The van der Waals surface area contributed by atoms with Crippen LogP contribution in [-0.4, -0.2) is 143 Å². The van der Waals surface area contributed by atoms with Gasteiger partial charge in [-0.25, -0.2) is 23.9 Å². The van der Waals surface area contributed by atoms with Gasteiger partial charge in [0.15, 0.2) is 5.78 Å². The number of carbonyl (C=O) groups excluding carboxylic acids is 6. The van der Waals surface area contributed by atoms with Gasteiger partial charge >= 0.3 is 24.2 Å². The number of hydrogen-bond donors (Lipinski definition) is 5. The van der Waals surface area contributed by atoms with Crippen LogP contribution in [0.5, 0.6) is 0 Å². The number of ether oxygens (including phenoxy) is 7. The minimum absolute atomic E-state index is 0.00800. The fourth-order valence-corrected chi connectivity index (χ4v) is 8.40. The fraction of sp³-hybridized carbons (Fsp3) is 0.696. The monoisotopic (exact) mass is 976 g/mol. The lowest BCUT2D eigenvalue weighted by atomic mass is 9.99. The number of Topliss-reactive ketones (excluding diaryl/α,β-unsaturated/α-hetero) is 1. The number of ketones is 1. The van der Waals surface area contributed by atoms with Gasteiger partial charge in [-0.2, -0.15) is 11.8 Å². The van der Waals surface area contributed by atoms with Gasteiger partial charge in [0.05, 0.1) is 83.4 Å². The number of amides is 5. The lowest BCUT2D eigenvalue weighted by molar-refractivity contribution is -0.157. The van der Waals surface area contributed by atoms with Gasteiger partial charge in [-0.1, -0.05) is 17.7 Å². The molecule has 1 aromatic heterocycles. The highest BCUT2D eigenvalue weighted by atomic mass is 32.2. The number of nitrogens with one attached hydrogen (secondary N) is 5. The second kappa shape index (κ2) is 26.7. The van der Waals surface area contributed by atoms with Gasteiger partial charge in [0, 0.05) is 36.0 Å². The molecule has 2 fully saturated rings. The molecule has 2 saturated heterocycles. The summed E-state index contributed by atoms with van der Waals surface area (Å²) >= 11 is 1.88. The zero-order valence-corrected chi connectivity index (χ0v) is 41.8. The third kappa shape index (κ3) is 21.5. The first-order valence-corrected chi connectivity index (χ1v) is 24.1. The number of alkyl carbamates (subject to hydrolysis) is 1. The Morgan fingerprint density at radius 3 is 2.16 bits per heavy atom. The van der Waals surface area contributed by atoms with E-state index in [-0.39, 0.29) is 48.5 Å². The zero-order chi connectivity index (χ0) is 49.9. The van der Waals surface area contributed by atoms with E-state index in [2.05, 4.69) is 36.9 Å². The average Bonchev–Trinajstić information content (AvgIpc) is 3.94. The molecule has 0 saturated carbocycles. The normalized spacial score (nSPS) is 17.4. The van der Waals surface area contributed by atoms with Crippen LogP contribution in [-0.2, 0) is 62.5 Å². The molecule has 0 radical (unpaired) electrons. The Balaban J connectivity index is 1.12. The van der Waals surface area contributed by atoms with Gasteiger partial charge in [-0.15, -0.1) is 5.10 Å². The van der Waals surface area contributed by atoms with Crippen LogP contribution in [0.2, 0.25) is 0 Å². The Bertz CT molecular complexity index is 1980. The number of benzene rings is 1. The molecule has 0 aliphatic carbocycles. The van der Waals surface area contributed by atoms with Crippen molar-refractivity contribution in [2.24, 2.45) is 0 Å². The molecule has 0 unspecified atom stereocenters. The number of carbonyl (C=O) groups is 6. The van der Waals surface area contributed by atoms with E-state index < -0.39 is 53.2 Å². The van der Waals surface area contributed by atoms with Gasteiger partial charge < -0.3 is 54.4 Å². The summed E-state index contributed by atoms with van der Waals surface area (Å²) in [6, 6.07) is 3.67. The Labute approximate surface area is 403 Å². The molecule has 4 atom stereocenters. The molecular weight excluding hydrogens is 905 g/mol. The highest BCUT2D eigenvalue weighted by molar-refractivity contribution is 8.00. The van der Waals surface area contributed by atoms with Crippen molar-refractivity contribution in [2.75, 3.05) is 57.3 Å². The molecule has 21 nitrogen and oxygen atoms in total. The van der Waals surface area contributed by atoms with Crippen molar-refractivity contribution in [3.8, 4) is 0 Å². The van der Waals surface area contributed by atoms with Crippen LogP contribution < -0.4 is 26.6 Å². The fourth-order valence-electron chi connectivity index (χ4n) is 6.86. The van der Waals surface area contributed by atoms with Crippen LogP contribution in [0.25, 0.3) is 0 Å². The van der Waals surface area contributed by atoms with Crippen LogP contribution in [0.3, 0.4) is 0 Å². The number of aromatic nitrogens is 3. The van der Waals surface area contributed by atoms with Gasteiger partial charge in [0.25, 0.3) is 0 Å². The SMILES string of the molecule is CC(C)(C)OC(=O)Nc1ccc(COCc2cn(CCOCCOCCOCCNC(=O)CCCC[C@@H]3SC[C@@H]4NC(=O)N[C@@H]43)nn2)cc1C(=O)C[C@H](NC(=O)OC(C)(C)C)C(=O)OC(C)(C)C. The third-order valence-electron chi connectivity index (χ3n) is 9.75. The largest absolute Gasteiger partial charge is 0.458 e. The van der Waals surface area contributed by atoms with Crippen LogP contribution in [0.4, 0.5) is 20.1 Å². The topological polar surface area (TPSA) is 258 Å². The maximum Gasteiger partial charge on any atom is 0.412 e. The van der Waals surface area contributed by atoms with Crippen molar-refractivity contribution in [3.63, 3.8) is 0 Å². The summed E-state index contributed by atoms with van der Waals surface area (Å²) in [4.78, 5) is 76.4. The van der Waals surface area contributed by atoms with E-state index in [0.717, 1.165) is 25.0 Å². The van der Waals surface area contributed by atoms with Crippen LogP contribution in [0, 0.1) is 0 Å². The van der Waals surface area contributed by atoms with Gasteiger partial charge in [-0.3, -0.25) is 14.9 Å². The molecule has 380 valence electrons. The molecule has 2 aliphatic rings. The lowest BCUT2D eigenvalue weighted by Crippen LogP contribution is -2.47. The van der Waals surface area contributed by atoms with E-state index in [0.29, 0.717) is 75.7 Å². The maximum atomic E-state index is 13.9. The van der Waals surface area contributed by atoms with Crippen molar-refractivity contribution in [1.82, 2.24) is 36.3 Å². The molecule has 3 heterocycles. The van der Waals surface area contributed by atoms with Gasteiger partial charge in [-0.05, 0) is 92.9 Å². The van der Waals surface area contributed by atoms with Gasteiger partial charge in [0.2, 0.25) is 5.91 Å². The second-order valence-corrected chi connectivity index (χ2v) is 20.7. The minimum Gasteiger partial charge on any atom is -0.458 e. The Morgan fingerprint density at radius 1 is 0.809 bits per heavy atom. The molecule has 2 aliphatic heterocycles. The molecular formula is C46H72N8O13S. The summed E-state index contributed by atoms with van der Waals surface area (Å²) in [6.07, 6.45) is 2.73. The number of esters is 1. The summed E-state index contributed by atoms with van der Waals surface area (Å²) in [7, 11) is 0. The van der Waals surface area contributed by atoms with E-state index in [1.807, 2.05) is 11.8 Å². The lowest BCUT2D eigenvalue weighted by Gasteiger charge is -2.26. The summed E-state index contributed by atoms with van der Waals surface area (Å²) < 4.78 is 40.6. The summed E-state index contributed by atoms with van der Waals surface area (Å²) in [6.45, 7) is 18.5. The first-order chi connectivity index (χ1) is 32.0. The van der Waals surface area contributed by atoms with Crippen molar-refractivity contribution in [2.45, 2.75) is 154 Å². The van der Waals surface area contributed by atoms with Crippen LogP contribution >= 0.6 is 11.8 Å². The molecule has 0 bridgehead atoms. The van der Waals surface area contributed by atoms with E-state index in [1.54, 1.807) is 79.3 Å². The predicted molar refractivity (Wildman–Crippen MR) is 252 cm³/mol. The van der Waals surface area contributed by atoms with Gasteiger partial charge in [0.1, 0.15) is 28.5 Å². The average molecular weight is 977 g/mol. The van der Waals surface area contributed by atoms with Crippen LogP contribution in [0.1, 0.15) is 116 Å². The number of rotatable bonds is 27. The number of fused-ring (bicyclic) bond motifs is 1. The van der Waals surface area contributed by atoms with Crippen molar-refractivity contribution < 1.29 is 61.9 Å². The number of thioether (sulfide) groups is 1. The van der Waals surface area contributed by atoms with E-state index in [1.165, 1.54) is 12.1 Å². The standard InChI is InChI=1S/C46H72N8O13S/c1-44(2,3)65-40(57)34(50-43(60)67-46(7,8)9)25-36(55)32-24-30(14-15-33(32)49-42(59)66-45(4,5)6)27-64-28-31-26-54(53-52-31)17-19-62-21-23-63-22-20-61-18-16-47-38(56)13-11-10-12-37-39-35(29-68-37)48-41(58)51-39/h14-15,24,26,34-35,37,39H,10-13,16-23,25,27-29H2,1-9H3,(H,47,56)(H,49,59)(H,50,60)(H2,48,51,58)/t34-,35-,37-,39-/m0/s1. The zero-order valence-electron chi connectivity index (χ0n) is 41.0. The maximum absolute atomic E-state index is 13.9. The Kier molecular flexibility index (Phi) is 21.8. The number of nitrogens with zero attached hydrogens (tertiary/aromatic N) is 3. The molecule has 22 heteroatoms. The van der Waals surface area contributed by atoms with E-state index in [9.17, 15) is 28.8 Å². The Morgan fingerprint density at radius 2 is 1.47 bits per heavy atom. The molecule has 4 rings (SSSR count). The van der Waals surface area contributed by atoms with E-state index in [4.69, 9.17) is 33.2 Å². The number of urea groups is 1. The Hall–Kier alpha value is -5.03. The van der Waals surface area contributed by atoms with Crippen molar-refractivity contribution in [1.29, 1.82) is 0 Å². The molecule has 1 aromatic carbocycles. The second-order valence-electron chi connectivity index (χ2n) is 19.4. The first-order valence-electron chi connectivity index (χ1n) is 23.1.